The van der Waals surface area contributed by atoms with E-state index in [4.69, 9.17) is 19.1 Å². The largest absolute Gasteiger partial charge is 0.482 e. The van der Waals surface area contributed by atoms with Crippen molar-refractivity contribution >= 4 is 6.09 Å². The van der Waals surface area contributed by atoms with Crippen molar-refractivity contribution in [2.24, 2.45) is 0 Å². The van der Waals surface area contributed by atoms with Crippen molar-refractivity contribution in [3.63, 3.8) is 0 Å². The van der Waals surface area contributed by atoms with Gasteiger partial charge in [-0.05, 0) is 57.2 Å². The van der Waals surface area contributed by atoms with Gasteiger partial charge in [0.1, 0.15) is 5.75 Å². The fourth-order valence-corrected chi connectivity index (χ4v) is 2.32. The van der Waals surface area contributed by atoms with Crippen LogP contribution in [-0.4, -0.2) is 18.1 Å². The standard InChI is InChI=1S/C23H23NO5/c1-17-4-10-20(11-5-17)26-16-27-23(25)24(28-21-12-6-18(2)7-13-21)29-22-14-8-19(3)9-15-22/h4-15H,16H2,1-3H3. The van der Waals surface area contributed by atoms with Crippen LogP contribution in [0.4, 0.5) is 4.79 Å². The third-order valence-corrected chi connectivity index (χ3v) is 4.00. The molecule has 0 aromatic heterocycles. The molecule has 0 spiro atoms. The molecule has 6 heteroatoms. The van der Waals surface area contributed by atoms with Crippen LogP contribution >= 0.6 is 0 Å². The smallest absolute Gasteiger partial charge is 0.457 e. The molecular formula is C23H23NO5. The Kier molecular flexibility index (Phi) is 6.58. The second-order valence-corrected chi connectivity index (χ2v) is 6.55. The minimum absolute atomic E-state index is 0.285. The van der Waals surface area contributed by atoms with E-state index in [0.717, 1.165) is 16.7 Å². The zero-order chi connectivity index (χ0) is 20.6. The van der Waals surface area contributed by atoms with E-state index >= 15 is 0 Å². The number of carbonyl (C=O) groups is 1. The van der Waals surface area contributed by atoms with Crippen molar-refractivity contribution in [3.8, 4) is 17.2 Å². The molecular weight excluding hydrogens is 370 g/mol. The summed E-state index contributed by atoms with van der Waals surface area (Å²) in [5.41, 5.74) is 3.24. The van der Waals surface area contributed by atoms with Gasteiger partial charge in [0.05, 0.1) is 0 Å². The SMILES string of the molecule is Cc1ccc(OCOC(=O)N(Oc2ccc(C)cc2)Oc2ccc(C)cc2)cc1. The Hall–Kier alpha value is -3.67. The van der Waals surface area contributed by atoms with Crippen LogP contribution in [0.5, 0.6) is 17.2 Å². The third-order valence-electron chi connectivity index (χ3n) is 4.00. The Morgan fingerprint density at radius 3 is 1.45 bits per heavy atom. The molecule has 0 aliphatic carbocycles. The Morgan fingerprint density at radius 1 is 0.655 bits per heavy atom. The lowest BCUT2D eigenvalue weighted by atomic mass is 10.2. The summed E-state index contributed by atoms with van der Waals surface area (Å²) < 4.78 is 10.6. The van der Waals surface area contributed by atoms with Crippen molar-refractivity contribution in [3.05, 3.63) is 89.5 Å². The fourth-order valence-electron chi connectivity index (χ4n) is 2.32. The van der Waals surface area contributed by atoms with E-state index in [1.165, 1.54) is 0 Å². The summed E-state index contributed by atoms with van der Waals surface area (Å²) in [6, 6.07) is 21.8. The van der Waals surface area contributed by atoms with Gasteiger partial charge in [0.25, 0.3) is 0 Å². The maximum atomic E-state index is 12.5. The number of carbonyl (C=O) groups excluding carboxylic acids is 1. The first kappa shape index (κ1) is 20.1. The average molecular weight is 393 g/mol. The van der Waals surface area contributed by atoms with Gasteiger partial charge in [-0.1, -0.05) is 53.1 Å². The predicted octanol–water partition coefficient (Wildman–Crippen LogP) is 5.37. The first-order valence-corrected chi connectivity index (χ1v) is 9.15. The fraction of sp³-hybridized carbons (Fsp3) is 0.174. The van der Waals surface area contributed by atoms with Gasteiger partial charge in [0.2, 0.25) is 6.79 Å². The number of rotatable bonds is 7. The highest BCUT2D eigenvalue weighted by atomic mass is 17.0. The summed E-state index contributed by atoms with van der Waals surface area (Å²) in [5.74, 6) is 1.45. The van der Waals surface area contributed by atoms with Crippen LogP contribution in [0.3, 0.4) is 0 Å². The average Bonchev–Trinajstić information content (AvgIpc) is 2.72. The zero-order valence-corrected chi connectivity index (χ0v) is 16.6. The Morgan fingerprint density at radius 2 is 1.03 bits per heavy atom. The van der Waals surface area contributed by atoms with Crippen LogP contribution in [0.15, 0.2) is 72.8 Å². The van der Waals surface area contributed by atoms with Crippen LogP contribution < -0.4 is 14.4 Å². The van der Waals surface area contributed by atoms with Gasteiger partial charge >= 0.3 is 6.09 Å². The van der Waals surface area contributed by atoms with Gasteiger partial charge < -0.3 is 19.1 Å². The first-order chi connectivity index (χ1) is 14.0. The van der Waals surface area contributed by atoms with Gasteiger partial charge in [0.15, 0.2) is 11.5 Å². The van der Waals surface area contributed by atoms with E-state index in [1.807, 2.05) is 57.2 Å². The lowest BCUT2D eigenvalue weighted by molar-refractivity contribution is -0.227. The molecule has 0 bridgehead atoms. The Labute approximate surface area is 170 Å². The molecule has 0 aliphatic heterocycles. The monoisotopic (exact) mass is 393 g/mol. The summed E-state index contributed by atoms with van der Waals surface area (Å²) in [7, 11) is 0. The summed E-state index contributed by atoms with van der Waals surface area (Å²) >= 11 is 0. The van der Waals surface area contributed by atoms with Gasteiger partial charge in [-0.15, -0.1) is 0 Å². The van der Waals surface area contributed by atoms with E-state index < -0.39 is 6.09 Å². The van der Waals surface area contributed by atoms with Crippen LogP contribution in [-0.2, 0) is 4.74 Å². The number of hydroxylamine groups is 2. The topological polar surface area (TPSA) is 57.2 Å². The number of hydrogen-bond acceptors (Lipinski definition) is 5. The highest BCUT2D eigenvalue weighted by Crippen LogP contribution is 2.18. The van der Waals surface area contributed by atoms with E-state index in [1.54, 1.807) is 36.4 Å². The number of nitrogens with zero attached hydrogens (tertiary/aromatic N) is 1. The van der Waals surface area contributed by atoms with E-state index in [2.05, 4.69) is 0 Å². The number of benzene rings is 3. The molecule has 29 heavy (non-hydrogen) atoms. The lowest BCUT2D eigenvalue weighted by Gasteiger charge is -2.21. The van der Waals surface area contributed by atoms with E-state index in [9.17, 15) is 4.79 Å². The second-order valence-electron chi connectivity index (χ2n) is 6.55. The number of ether oxygens (including phenoxy) is 2. The molecule has 0 atom stereocenters. The molecule has 6 nitrogen and oxygen atoms in total. The summed E-state index contributed by atoms with van der Waals surface area (Å²) in [5, 5.41) is 0.688. The van der Waals surface area contributed by atoms with Crippen molar-refractivity contribution < 1.29 is 23.9 Å². The minimum atomic E-state index is -0.849. The highest BCUT2D eigenvalue weighted by Gasteiger charge is 2.21. The van der Waals surface area contributed by atoms with E-state index in [-0.39, 0.29) is 6.79 Å². The molecule has 0 aliphatic rings. The van der Waals surface area contributed by atoms with Crippen molar-refractivity contribution in [1.82, 2.24) is 5.23 Å². The predicted molar refractivity (Wildman–Crippen MR) is 109 cm³/mol. The minimum Gasteiger partial charge on any atom is -0.457 e. The van der Waals surface area contributed by atoms with Gasteiger partial charge in [-0.2, -0.15) is 0 Å². The van der Waals surface area contributed by atoms with Crippen molar-refractivity contribution in [2.45, 2.75) is 20.8 Å². The molecule has 150 valence electrons. The normalized spacial score (nSPS) is 10.2. The molecule has 3 aromatic rings. The molecule has 0 fully saturated rings. The zero-order valence-electron chi connectivity index (χ0n) is 16.6. The molecule has 0 N–H and O–H groups in total. The van der Waals surface area contributed by atoms with Crippen LogP contribution in [0.2, 0.25) is 0 Å². The summed E-state index contributed by atoms with van der Waals surface area (Å²) in [6.45, 7) is 5.61. The maximum absolute atomic E-state index is 12.5. The number of aryl methyl sites for hydroxylation is 3. The Bertz CT molecular complexity index is 873. The van der Waals surface area contributed by atoms with Crippen LogP contribution in [0.1, 0.15) is 16.7 Å². The molecule has 0 saturated heterocycles. The van der Waals surface area contributed by atoms with Gasteiger partial charge in [0, 0.05) is 5.23 Å². The van der Waals surface area contributed by atoms with Crippen LogP contribution in [0.25, 0.3) is 0 Å². The Balaban J connectivity index is 1.65. The number of hydrogen-bond donors (Lipinski definition) is 0. The summed E-state index contributed by atoms with van der Waals surface area (Å²) in [6.07, 6.45) is -0.849. The molecule has 0 unspecified atom stereocenters. The highest BCUT2D eigenvalue weighted by molar-refractivity contribution is 5.65. The quantitative estimate of drug-likeness (QED) is 0.399. The van der Waals surface area contributed by atoms with Gasteiger partial charge in [-0.3, -0.25) is 0 Å². The molecule has 0 radical (unpaired) electrons. The lowest BCUT2D eigenvalue weighted by Crippen LogP contribution is -2.38. The van der Waals surface area contributed by atoms with Crippen LogP contribution in [0, 0.1) is 20.8 Å². The maximum Gasteiger partial charge on any atom is 0.482 e. The first-order valence-electron chi connectivity index (χ1n) is 9.15. The molecule has 0 heterocycles. The molecule has 3 rings (SSSR count). The van der Waals surface area contributed by atoms with Gasteiger partial charge in [-0.25, -0.2) is 4.79 Å². The molecule has 1 amide bonds. The van der Waals surface area contributed by atoms with Crippen molar-refractivity contribution in [1.29, 1.82) is 0 Å². The number of amides is 1. The van der Waals surface area contributed by atoms with E-state index in [0.29, 0.717) is 22.5 Å². The molecule has 0 saturated carbocycles. The van der Waals surface area contributed by atoms with Crippen molar-refractivity contribution in [2.75, 3.05) is 6.79 Å². The summed E-state index contributed by atoms with van der Waals surface area (Å²) in [4.78, 5) is 23.6. The molecule has 3 aromatic carbocycles. The second kappa shape index (κ2) is 9.50. The third kappa shape index (κ3) is 6.17.